The number of carbonyl (C=O) groups is 1. The fourth-order valence-electron chi connectivity index (χ4n) is 4.46. The van der Waals surface area contributed by atoms with Gasteiger partial charge in [0.25, 0.3) is 0 Å². The van der Waals surface area contributed by atoms with Gasteiger partial charge in [-0.25, -0.2) is 9.37 Å². The van der Waals surface area contributed by atoms with Crippen molar-refractivity contribution >= 4 is 11.4 Å². The van der Waals surface area contributed by atoms with Crippen LogP contribution in [-0.2, 0) is 10.3 Å². The Hall–Kier alpha value is -1.95. The Morgan fingerprint density at radius 2 is 2.08 bits per heavy atom. The number of nitrogens with zero attached hydrogens (tertiary/aromatic N) is 2. The molecule has 2 saturated carbocycles. The lowest BCUT2D eigenvalue weighted by atomic mass is 10.0. The zero-order chi connectivity index (χ0) is 17.3. The van der Waals surface area contributed by atoms with Gasteiger partial charge in [-0.3, -0.25) is 9.20 Å². The van der Waals surface area contributed by atoms with Crippen LogP contribution in [0.1, 0.15) is 44.1 Å². The summed E-state index contributed by atoms with van der Waals surface area (Å²) < 4.78 is 16.3. The van der Waals surface area contributed by atoms with E-state index in [9.17, 15) is 9.18 Å². The maximum absolute atomic E-state index is 14.4. The van der Waals surface area contributed by atoms with E-state index in [-0.39, 0.29) is 17.6 Å². The fourth-order valence-corrected chi connectivity index (χ4v) is 4.46. The van der Waals surface area contributed by atoms with Crippen LogP contribution in [0.2, 0.25) is 0 Å². The number of pyridine rings is 1. The summed E-state index contributed by atoms with van der Waals surface area (Å²) in [4.78, 5) is 17.5. The number of hydrogen-bond acceptors (Lipinski definition) is 3. The molecule has 3 atom stereocenters. The molecule has 1 aliphatic heterocycles. The summed E-state index contributed by atoms with van der Waals surface area (Å²) >= 11 is 0. The zero-order valence-corrected chi connectivity index (χ0v) is 14.6. The maximum Gasteiger partial charge on any atom is 0.224 e. The minimum absolute atomic E-state index is 0.0997. The summed E-state index contributed by atoms with van der Waals surface area (Å²) in [5.74, 6) is 1.99. The van der Waals surface area contributed by atoms with Crippen LogP contribution >= 0.6 is 0 Å². The number of imidazole rings is 1. The minimum Gasteiger partial charge on any atom is -0.344 e. The van der Waals surface area contributed by atoms with Crippen LogP contribution in [0.3, 0.4) is 0 Å². The molecule has 132 valence electrons. The Balaban J connectivity index is 1.49. The molecular weight excluding hydrogens is 319 g/mol. The van der Waals surface area contributed by atoms with E-state index in [1.165, 1.54) is 6.07 Å². The lowest BCUT2D eigenvalue weighted by Gasteiger charge is -2.25. The third-order valence-electron chi connectivity index (χ3n) is 6.00. The van der Waals surface area contributed by atoms with E-state index in [1.807, 2.05) is 24.4 Å². The van der Waals surface area contributed by atoms with E-state index in [2.05, 4.69) is 10.6 Å². The second kappa shape index (κ2) is 5.04. The first-order valence-corrected chi connectivity index (χ1v) is 9.17. The van der Waals surface area contributed by atoms with E-state index < -0.39 is 5.54 Å². The maximum atomic E-state index is 14.4. The number of carbonyl (C=O) groups excluding carboxylic acids is 1. The quantitative estimate of drug-likeness (QED) is 0.895. The number of nitrogens with one attached hydrogen (secondary N) is 2. The number of piperidine rings is 1. The van der Waals surface area contributed by atoms with Crippen molar-refractivity contribution in [2.45, 2.75) is 38.1 Å². The van der Waals surface area contributed by atoms with E-state index in [4.69, 9.17) is 4.98 Å². The second-order valence-corrected chi connectivity index (χ2v) is 8.30. The number of fused-ring (bicyclic) bond motifs is 2. The van der Waals surface area contributed by atoms with E-state index in [0.717, 1.165) is 31.6 Å². The average molecular weight is 342 g/mol. The first kappa shape index (κ1) is 15.3. The number of rotatable bonds is 4. The minimum atomic E-state index is -0.648. The fraction of sp³-hybridized carbons (Fsp3) is 0.579. The van der Waals surface area contributed by atoms with Crippen LogP contribution in [0.15, 0.2) is 18.3 Å². The molecule has 3 heterocycles. The molecule has 1 unspecified atom stereocenters. The van der Waals surface area contributed by atoms with Gasteiger partial charge in [0.15, 0.2) is 0 Å². The van der Waals surface area contributed by atoms with Crippen molar-refractivity contribution in [1.82, 2.24) is 20.0 Å². The highest BCUT2D eigenvalue weighted by Crippen LogP contribution is 2.49. The van der Waals surface area contributed by atoms with Gasteiger partial charge in [-0.1, -0.05) is 0 Å². The molecule has 2 N–H and O–H groups in total. The molecule has 5 rings (SSSR count). The Kier molecular flexibility index (Phi) is 3.08. The molecule has 0 bridgehead atoms. The standard InChI is InChI=1S/C19H23FN4O/c1-19(2,23-17(25)14-11-8-21-9-12(11)14)18-22-15(10-5-6-10)16-13(20)4-3-7-24(16)18/h3-4,7,10-12,14,21H,5-6,8-9H2,1-2H3,(H,23,25)/t11-,12+,14?. The summed E-state index contributed by atoms with van der Waals surface area (Å²) in [6.07, 6.45) is 3.97. The van der Waals surface area contributed by atoms with Gasteiger partial charge in [-0.05, 0) is 63.7 Å². The van der Waals surface area contributed by atoms with Crippen LogP contribution in [-0.4, -0.2) is 28.4 Å². The molecular formula is C19H23FN4O. The predicted octanol–water partition coefficient (Wildman–Crippen LogP) is 2.17. The van der Waals surface area contributed by atoms with Gasteiger partial charge in [-0.2, -0.15) is 0 Å². The number of aromatic nitrogens is 2. The lowest BCUT2D eigenvalue weighted by Crippen LogP contribution is -2.44. The summed E-state index contributed by atoms with van der Waals surface area (Å²) in [5.41, 5.74) is 0.753. The average Bonchev–Trinajstić information content (AvgIpc) is 3.43. The van der Waals surface area contributed by atoms with Crippen LogP contribution in [0.25, 0.3) is 5.52 Å². The van der Waals surface area contributed by atoms with Gasteiger partial charge >= 0.3 is 0 Å². The molecule has 6 heteroatoms. The Morgan fingerprint density at radius 3 is 2.76 bits per heavy atom. The summed E-state index contributed by atoms with van der Waals surface area (Å²) in [6.45, 7) is 5.79. The number of hydrogen-bond donors (Lipinski definition) is 2. The molecule has 0 spiro atoms. The molecule has 1 amide bonds. The second-order valence-electron chi connectivity index (χ2n) is 8.30. The van der Waals surface area contributed by atoms with E-state index in [0.29, 0.717) is 29.1 Å². The van der Waals surface area contributed by atoms with Crippen molar-refractivity contribution in [2.75, 3.05) is 13.1 Å². The number of amides is 1. The largest absolute Gasteiger partial charge is 0.344 e. The Bertz CT molecular complexity index is 860. The van der Waals surface area contributed by atoms with E-state index in [1.54, 1.807) is 6.07 Å². The highest BCUT2D eigenvalue weighted by atomic mass is 19.1. The van der Waals surface area contributed by atoms with Crippen molar-refractivity contribution in [1.29, 1.82) is 0 Å². The van der Waals surface area contributed by atoms with Gasteiger partial charge in [0.1, 0.15) is 17.2 Å². The third-order valence-corrected chi connectivity index (χ3v) is 6.00. The summed E-state index contributed by atoms with van der Waals surface area (Å²) in [7, 11) is 0. The molecule has 5 nitrogen and oxygen atoms in total. The predicted molar refractivity (Wildman–Crippen MR) is 91.6 cm³/mol. The molecule has 3 fully saturated rings. The molecule has 2 aromatic rings. The zero-order valence-electron chi connectivity index (χ0n) is 14.6. The SMILES string of the molecule is CC(C)(NC(=O)C1[C@H]2CNC[C@@H]12)c1nc(C2CC2)c2c(F)cccn12. The highest BCUT2D eigenvalue weighted by molar-refractivity contribution is 5.83. The van der Waals surface area contributed by atoms with Crippen molar-refractivity contribution in [3.05, 3.63) is 35.7 Å². The molecule has 3 aliphatic rings. The van der Waals surface area contributed by atoms with Crippen molar-refractivity contribution in [3.8, 4) is 0 Å². The monoisotopic (exact) mass is 342 g/mol. The van der Waals surface area contributed by atoms with Crippen molar-refractivity contribution in [2.24, 2.45) is 17.8 Å². The van der Waals surface area contributed by atoms with Crippen molar-refractivity contribution < 1.29 is 9.18 Å². The van der Waals surface area contributed by atoms with Crippen LogP contribution < -0.4 is 10.6 Å². The van der Waals surface area contributed by atoms with Crippen LogP contribution in [0.5, 0.6) is 0 Å². The van der Waals surface area contributed by atoms with Crippen LogP contribution in [0, 0.1) is 23.6 Å². The van der Waals surface area contributed by atoms with Crippen LogP contribution in [0.4, 0.5) is 4.39 Å². The topological polar surface area (TPSA) is 58.4 Å². The summed E-state index contributed by atoms with van der Waals surface area (Å²) in [6, 6.07) is 3.18. The normalized spacial score (nSPS) is 28.2. The molecule has 1 saturated heterocycles. The smallest absolute Gasteiger partial charge is 0.224 e. The first-order chi connectivity index (χ1) is 12.0. The first-order valence-electron chi connectivity index (χ1n) is 9.17. The third kappa shape index (κ3) is 2.30. The van der Waals surface area contributed by atoms with Gasteiger partial charge in [0.05, 0.1) is 11.2 Å². The number of halogens is 1. The molecule has 25 heavy (non-hydrogen) atoms. The molecule has 2 aromatic heterocycles. The molecule has 2 aliphatic carbocycles. The Labute approximate surface area is 146 Å². The Morgan fingerprint density at radius 1 is 1.36 bits per heavy atom. The molecule has 0 aromatic carbocycles. The highest BCUT2D eigenvalue weighted by Gasteiger charge is 2.57. The summed E-state index contributed by atoms with van der Waals surface area (Å²) in [5, 5.41) is 6.49. The van der Waals surface area contributed by atoms with E-state index >= 15 is 0 Å². The van der Waals surface area contributed by atoms with Gasteiger partial charge in [0.2, 0.25) is 5.91 Å². The van der Waals surface area contributed by atoms with Gasteiger partial charge < -0.3 is 10.6 Å². The van der Waals surface area contributed by atoms with Gasteiger partial charge in [-0.15, -0.1) is 0 Å². The van der Waals surface area contributed by atoms with Gasteiger partial charge in [0, 0.05) is 18.0 Å². The molecule has 0 radical (unpaired) electrons. The lowest BCUT2D eigenvalue weighted by molar-refractivity contribution is -0.124. The van der Waals surface area contributed by atoms with Crippen molar-refractivity contribution in [3.63, 3.8) is 0 Å².